The van der Waals surface area contributed by atoms with Crippen LogP contribution < -0.4 is 4.90 Å². The van der Waals surface area contributed by atoms with E-state index in [1.165, 1.54) is 5.39 Å². The zero-order valence-corrected chi connectivity index (χ0v) is 17.2. The molecule has 5 rings (SSSR count). The van der Waals surface area contributed by atoms with Crippen molar-refractivity contribution in [3.05, 3.63) is 48.2 Å². The van der Waals surface area contributed by atoms with E-state index in [9.17, 15) is 4.79 Å². The monoisotopic (exact) mass is 386 g/mol. The van der Waals surface area contributed by atoms with Crippen molar-refractivity contribution in [3.63, 3.8) is 0 Å². The third-order valence-electron chi connectivity index (χ3n) is 6.16. The number of amides is 1. The molecule has 3 heterocycles. The molecule has 0 saturated carbocycles. The van der Waals surface area contributed by atoms with Crippen LogP contribution in [0.3, 0.4) is 0 Å². The normalized spacial score (nSPS) is 15.6. The number of H-pyrrole nitrogens is 2. The molecule has 2 N–H and O–H groups in total. The molecular weight excluding hydrogens is 360 g/mol. The molecule has 5 heteroatoms. The molecule has 29 heavy (non-hydrogen) atoms. The number of fused-ring (bicyclic) bond motifs is 3. The van der Waals surface area contributed by atoms with Gasteiger partial charge in [-0.1, -0.05) is 19.8 Å². The van der Waals surface area contributed by atoms with Crippen LogP contribution in [0.1, 0.15) is 45.6 Å². The lowest BCUT2D eigenvalue weighted by molar-refractivity contribution is -0.122. The summed E-state index contributed by atoms with van der Waals surface area (Å²) < 4.78 is 0. The van der Waals surface area contributed by atoms with Crippen LogP contribution in [-0.2, 0) is 10.2 Å². The number of benzene rings is 2. The number of anilines is 1. The predicted octanol–water partition coefficient (Wildman–Crippen LogP) is 5.53. The lowest BCUT2D eigenvalue weighted by Crippen LogP contribution is -2.36. The van der Waals surface area contributed by atoms with Gasteiger partial charge in [-0.05, 0) is 62.2 Å². The highest BCUT2D eigenvalue weighted by Crippen LogP contribution is 2.43. The SMILES string of the molecule is CCCCCN1C(=O)C(C)(C)c2cc3[nH]c(-c4ccc5[nH]ccc5c4)nc3cc21. The summed E-state index contributed by atoms with van der Waals surface area (Å²) in [5.41, 5.74) is 5.65. The summed E-state index contributed by atoms with van der Waals surface area (Å²) >= 11 is 0. The third-order valence-corrected chi connectivity index (χ3v) is 6.16. The Morgan fingerprint density at radius 2 is 1.93 bits per heavy atom. The highest BCUT2D eigenvalue weighted by molar-refractivity contribution is 6.09. The number of carbonyl (C=O) groups excluding carboxylic acids is 1. The van der Waals surface area contributed by atoms with E-state index >= 15 is 0 Å². The fourth-order valence-corrected chi connectivity index (χ4v) is 4.41. The van der Waals surface area contributed by atoms with Crippen molar-refractivity contribution in [3.8, 4) is 11.4 Å². The molecule has 2 aromatic carbocycles. The predicted molar refractivity (Wildman–Crippen MR) is 118 cm³/mol. The van der Waals surface area contributed by atoms with Gasteiger partial charge in [-0.3, -0.25) is 4.79 Å². The minimum atomic E-state index is -0.509. The Labute approximate surface area is 170 Å². The van der Waals surface area contributed by atoms with Crippen molar-refractivity contribution < 1.29 is 4.79 Å². The van der Waals surface area contributed by atoms with E-state index in [1.807, 2.05) is 24.9 Å². The van der Waals surface area contributed by atoms with Crippen molar-refractivity contribution in [1.82, 2.24) is 15.0 Å². The van der Waals surface area contributed by atoms with Gasteiger partial charge in [0.25, 0.3) is 0 Å². The Kier molecular flexibility index (Phi) is 4.02. The summed E-state index contributed by atoms with van der Waals surface area (Å²) in [5.74, 6) is 1.04. The Morgan fingerprint density at radius 3 is 2.76 bits per heavy atom. The minimum Gasteiger partial charge on any atom is -0.361 e. The van der Waals surface area contributed by atoms with Gasteiger partial charge >= 0.3 is 0 Å². The fourth-order valence-electron chi connectivity index (χ4n) is 4.41. The average Bonchev–Trinajstić information content (AvgIpc) is 3.38. The Morgan fingerprint density at radius 1 is 1.07 bits per heavy atom. The first kappa shape index (κ1) is 18.0. The van der Waals surface area contributed by atoms with E-state index in [0.29, 0.717) is 0 Å². The average molecular weight is 386 g/mol. The maximum Gasteiger partial charge on any atom is 0.237 e. The van der Waals surface area contributed by atoms with Gasteiger partial charge in [-0.15, -0.1) is 0 Å². The first-order chi connectivity index (χ1) is 14.0. The number of imidazole rings is 1. The van der Waals surface area contributed by atoms with E-state index < -0.39 is 5.41 Å². The molecule has 0 radical (unpaired) electrons. The number of rotatable bonds is 5. The number of nitrogens with zero attached hydrogens (tertiary/aromatic N) is 2. The van der Waals surface area contributed by atoms with Gasteiger partial charge in [0.05, 0.1) is 22.1 Å². The van der Waals surface area contributed by atoms with E-state index in [2.05, 4.69) is 53.3 Å². The van der Waals surface area contributed by atoms with Crippen molar-refractivity contribution in [1.29, 1.82) is 0 Å². The zero-order chi connectivity index (χ0) is 20.2. The molecule has 1 aliphatic rings. The van der Waals surface area contributed by atoms with Crippen LogP contribution in [-0.4, -0.2) is 27.4 Å². The highest BCUT2D eigenvalue weighted by atomic mass is 16.2. The van der Waals surface area contributed by atoms with Crippen LogP contribution in [0.2, 0.25) is 0 Å². The minimum absolute atomic E-state index is 0.189. The Bertz CT molecular complexity index is 1230. The van der Waals surface area contributed by atoms with Crippen LogP contribution >= 0.6 is 0 Å². The number of unbranched alkanes of at least 4 members (excludes halogenated alkanes) is 2. The number of aromatic amines is 2. The van der Waals surface area contributed by atoms with Crippen molar-refractivity contribution in [2.24, 2.45) is 0 Å². The molecule has 0 atom stereocenters. The number of carbonyl (C=O) groups is 1. The third kappa shape index (κ3) is 2.76. The molecule has 2 aromatic heterocycles. The van der Waals surface area contributed by atoms with Gasteiger partial charge in [-0.2, -0.15) is 0 Å². The number of hydrogen-bond donors (Lipinski definition) is 2. The molecule has 0 fully saturated rings. The molecular formula is C24H26N4O. The number of hydrogen-bond acceptors (Lipinski definition) is 2. The molecule has 0 spiro atoms. The van der Waals surface area contributed by atoms with Gasteiger partial charge in [0.15, 0.2) is 0 Å². The number of aromatic nitrogens is 3. The molecule has 0 saturated heterocycles. The summed E-state index contributed by atoms with van der Waals surface area (Å²) in [6.07, 6.45) is 5.25. The van der Waals surface area contributed by atoms with Crippen LogP contribution in [0.4, 0.5) is 5.69 Å². The van der Waals surface area contributed by atoms with Gasteiger partial charge in [0, 0.05) is 29.2 Å². The summed E-state index contributed by atoms with van der Waals surface area (Å²) in [5, 5.41) is 1.17. The van der Waals surface area contributed by atoms with Gasteiger partial charge in [0.2, 0.25) is 5.91 Å². The Balaban J connectivity index is 1.58. The second-order valence-corrected chi connectivity index (χ2v) is 8.54. The van der Waals surface area contributed by atoms with E-state index in [4.69, 9.17) is 4.98 Å². The fraction of sp³-hybridized carbons (Fsp3) is 0.333. The molecule has 4 aromatic rings. The van der Waals surface area contributed by atoms with E-state index in [1.54, 1.807) is 0 Å². The van der Waals surface area contributed by atoms with Crippen molar-refractivity contribution in [2.75, 3.05) is 11.4 Å². The smallest absolute Gasteiger partial charge is 0.237 e. The molecule has 0 aliphatic carbocycles. The summed E-state index contributed by atoms with van der Waals surface area (Å²) in [7, 11) is 0. The second-order valence-electron chi connectivity index (χ2n) is 8.54. The lowest BCUT2D eigenvalue weighted by Gasteiger charge is -2.20. The van der Waals surface area contributed by atoms with Crippen LogP contribution in [0.5, 0.6) is 0 Å². The standard InChI is InChI=1S/C24H26N4O/c1-4-5-6-11-28-21-14-20-19(13-17(21)24(2,3)23(28)29)26-22(27-20)16-7-8-18-15(12-16)9-10-25-18/h7-10,12-14,25H,4-6,11H2,1-3H3,(H,26,27). The second kappa shape index (κ2) is 6.48. The van der Waals surface area contributed by atoms with Crippen LogP contribution in [0.15, 0.2) is 42.6 Å². The van der Waals surface area contributed by atoms with Gasteiger partial charge < -0.3 is 14.9 Å². The van der Waals surface area contributed by atoms with Crippen LogP contribution in [0, 0.1) is 0 Å². The first-order valence-corrected chi connectivity index (χ1v) is 10.4. The van der Waals surface area contributed by atoms with E-state index in [-0.39, 0.29) is 5.91 Å². The summed E-state index contributed by atoms with van der Waals surface area (Å²) in [6.45, 7) is 7.01. The lowest BCUT2D eigenvalue weighted by atomic mass is 9.86. The molecule has 1 amide bonds. The molecule has 0 bridgehead atoms. The molecule has 1 aliphatic heterocycles. The quantitative estimate of drug-likeness (QED) is 0.443. The largest absolute Gasteiger partial charge is 0.361 e. The maximum atomic E-state index is 13.1. The molecule has 0 unspecified atom stereocenters. The molecule has 5 nitrogen and oxygen atoms in total. The van der Waals surface area contributed by atoms with Crippen molar-refractivity contribution in [2.45, 2.75) is 45.4 Å². The summed E-state index contributed by atoms with van der Waals surface area (Å²) in [6, 6.07) is 12.6. The summed E-state index contributed by atoms with van der Waals surface area (Å²) in [4.78, 5) is 26.6. The first-order valence-electron chi connectivity index (χ1n) is 10.4. The van der Waals surface area contributed by atoms with Gasteiger partial charge in [-0.25, -0.2) is 4.98 Å². The topological polar surface area (TPSA) is 64.8 Å². The van der Waals surface area contributed by atoms with Crippen molar-refractivity contribution >= 4 is 33.5 Å². The highest BCUT2D eigenvalue weighted by Gasteiger charge is 2.43. The molecule has 148 valence electrons. The Hall–Kier alpha value is -3.08. The number of nitrogens with one attached hydrogen (secondary N) is 2. The zero-order valence-electron chi connectivity index (χ0n) is 17.2. The maximum absolute atomic E-state index is 13.1. The van der Waals surface area contributed by atoms with Gasteiger partial charge in [0.1, 0.15) is 5.82 Å². The van der Waals surface area contributed by atoms with Crippen LogP contribution in [0.25, 0.3) is 33.3 Å². The van der Waals surface area contributed by atoms with E-state index in [0.717, 1.165) is 65.0 Å².